The standard InChI is InChI=1S/C16H16N2O3/c1-16(2,3)15(19)13(11-17)9-6-8-12-7-4-5-10-14(12)18(20)21/h4-10H,1-3H3/b8-6+,13-9-. The van der Waals surface area contributed by atoms with Crippen LogP contribution in [0.25, 0.3) is 6.08 Å². The summed E-state index contributed by atoms with van der Waals surface area (Å²) < 4.78 is 0. The number of nitro groups is 1. The van der Waals surface area contributed by atoms with E-state index in [9.17, 15) is 14.9 Å². The minimum atomic E-state index is -0.645. The van der Waals surface area contributed by atoms with Crippen molar-refractivity contribution in [2.45, 2.75) is 20.8 Å². The normalized spacial score (nSPS) is 12.2. The van der Waals surface area contributed by atoms with Gasteiger partial charge in [-0.3, -0.25) is 14.9 Å². The second kappa shape index (κ2) is 6.62. The van der Waals surface area contributed by atoms with Gasteiger partial charge in [-0.25, -0.2) is 0 Å². The smallest absolute Gasteiger partial charge is 0.276 e. The summed E-state index contributed by atoms with van der Waals surface area (Å²) in [6.45, 7) is 5.19. The lowest BCUT2D eigenvalue weighted by Crippen LogP contribution is -2.21. The van der Waals surface area contributed by atoms with Gasteiger partial charge in [-0.1, -0.05) is 39.0 Å². The van der Waals surface area contributed by atoms with Crippen LogP contribution in [0.3, 0.4) is 0 Å². The number of nitro benzene ring substituents is 1. The third kappa shape index (κ3) is 4.39. The van der Waals surface area contributed by atoms with E-state index in [0.29, 0.717) is 5.56 Å². The maximum atomic E-state index is 12.0. The molecule has 0 radical (unpaired) electrons. The van der Waals surface area contributed by atoms with E-state index in [1.54, 1.807) is 39.0 Å². The van der Waals surface area contributed by atoms with Crippen molar-refractivity contribution in [1.29, 1.82) is 5.26 Å². The summed E-state index contributed by atoms with van der Waals surface area (Å²) in [6, 6.07) is 8.11. The van der Waals surface area contributed by atoms with Crippen molar-refractivity contribution in [3.05, 3.63) is 57.7 Å². The van der Waals surface area contributed by atoms with Crippen LogP contribution < -0.4 is 0 Å². The van der Waals surface area contributed by atoms with Crippen LogP contribution >= 0.6 is 0 Å². The number of carbonyl (C=O) groups excluding carboxylic acids is 1. The molecule has 0 aliphatic carbocycles. The molecule has 21 heavy (non-hydrogen) atoms. The van der Waals surface area contributed by atoms with Gasteiger partial charge in [0, 0.05) is 11.5 Å². The number of nitriles is 1. The van der Waals surface area contributed by atoms with Crippen LogP contribution in [0, 0.1) is 26.9 Å². The van der Waals surface area contributed by atoms with Gasteiger partial charge in [0.1, 0.15) is 6.07 Å². The third-order valence-corrected chi connectivity index (χ3v) is 2.72. The highest BCUT2D eigenvalue weighted by atomic mass is 16.6. The van der Waals surface area contributed by atoms with Crippen molar-refractivity contribution >= 4 is 17.5 Å². The monoisotopic (exact) mass is 284 g/mol. The average Bonchev–Trinajstić information content (AvgIpc) is 2.42. The van der Waals surface area contributed by atoms with Crippen molar-refractivity contribution in [3.63, 3.8) is 0 Å². The summed E-state index contributed by atoms with van der Waals surface area (Å²) in [5.74, 6) is -0.266. The van der Waals surface area contributed by atoms with Crippen molar-refractivity contribution in [2.24, 2.45) is 5.41 Å². The molecular weight excluding hydrogens is 268 g/mol. The maximum Gasteiger partial charge on any atom is 0.276 e. The van der Waals surface area contributed by atoms with Crippen LogP contribution in [0.15, 0.2) is 42.0 Å². The Balaban J connectivity index is 3.06. The molecule has 0 N–H and O–H groups in total. The Bertz CT molecular complexity index is 659. The Hall–Kier alpha value is -2.74. The van der Waals surface area contributed by atoms with Gasteiger partial charge in [0.15, 0.2) is 5.78 Å². The van der Waals surface area contributed by atoms with Crippen molar-refractivity contribution in [2.75, 3.05) is 0 Å². The fraction of sp³-hybridized carbons (Fsp3) is 0.250. The molecule has 0 saturated heterocycles. The Morgan fingerprint density at radius 1 is 1.33 bits per heavy atom. The maximum absolute atomic E-state index is 12.0. The van der Waals surface area contributed by atoms with Crippen LogP contribution in [-0.4, -0.2) is 10.7 Å². The molecular formula is C16H16N2O3. The Morgan fingerprint density at radius 2 is 1.95 bits per heavy atom. The molecule has 0 bridgehead atoms. The zero-order valence-corrected chi connectivity index (χ0v) is 12.2. The number of Topliss-reactive ketones (excluding diaryl/α,β-unsaturated/α-hetero) is 1. The number of ketones is 1. The fourth-order valence-corrected chi connectivity index (χ4v) is 1.61. The molecule has 1 rings (SSSR count). The first kappa shape index (κ1) is 16.3. The molecule has 0 aromatic heterocycles. The number of rotatable bonds is 4. The summed E-state index contributed by atoms with van der Waals surface area (Å²) in [7, 11) is 0. The van der Waals surface area contributed by atoms with Crippen LogP contribution in [0.5, 0.6) is 0 Å². The molecule has 0 unspecified atom stereocenters. The number of carbonyl (C=O) groups is 1. The molecule has 0 amide bonds. The predicted octanol–water partition coefficient (Wildman–Crippen LogP) is 3.67. The first-order valence-electron chi connectivity index (χ1n) is 6.34. The second-order valence-electron chi connectivity index (χ2n) is 5.45. The van der Waals surface area contributed by atoms with Crippen LogP contribution in [0.1, 0.15) is 26.3 Å². The molecule has 0 saturated carbocycles. The Morgan fingerprint density at radius 3 is 2.48 bits per heavy atom. The third-order valence-electron chi connectivity index (χ3n) is 2.72. The summed E-state index contributed by atoms with van der Waals surface area (Å²) in [5, 5.41) is 19.9. The van der Waals surface area contributed by atoms with E-state index in [0.717, 1.165) is 0 Å². The molecule has 0 aliphatic rings. The number of allylic oxidation sites excluding steroid dienone is 3. The van der Waals surface area contributed by atoms with Gasteiger partial charge < -0.3 is 0 Å². The van der Waals surface area contributed by atoms with E-state index in [4.69, 9.17) is 5.26 Å². The van der Waals surface area contributed by atoms with Gasteiger partial charge >= 0.3 is 0 Å². The molecule has 0 fully saturated rings. The molecule has 0 atom stereocenters. The summed E-state index contributed by atoms with van der Waals surface area (Å²) in [5.41, 5.74) is -0.229. The highest BCUT2D eigenvalue weighted by Gasteiger charge is 2.24. The first-order valence-corrected chi connectivity index (χ1v) is 6.34. The van der Waals surface area contributed by atoms with Crippen LogP contribution in [-0.2, 0) is 4.79 Å². The molecule has 0 aliphatic heterocycles. The highest BCUT2D eigenvalue weighted by molar-refractivity contribution is 6.02. The largest absolute Gasteiger partial charge is 0.293 e. The molecule has 108 valence electrons. The van der Waals surface area contributed by atoms with E-state index in [-0.39, 0.29) is 17.0 Å². The van der Waals surface area contributed by atoms with Crippen LogP contribution in [0.4, 0.5) is 5.69 Å². The summed E-state index contributed by atoms with van der Waals surface area (Å²) >= 11 is 0. The molecule has 5 heteroatoms. The molecule has 1 aromatic carbocycles. The number of nitrogens with zero attached hydrogens (tertiary/aromatic N) is 2. The van der Waals surface area contributed by atoms with E-state index >= 15 is 0 Å². The lowest BCUT2D eigenvalue weighted by Gasteiger charge is -2.14. The first-order chi connectivity index (χ1) is 9.77. The average molecular weight is 284 g/mol. The number of para-hydroxylation sites is 1. The van der Waals surface area contributed by atoms with Gasteiger partial charge in [-0.05, 0) is 18.2 Å². The van der Waals surface area contributed by atoms with Gasteiger partial charge in [-0.15, -0.1) is 0 Å². The lowest BCUT2D eigenvalue weighted by molar-refractivity contribution is -0.385. The van der Waals surface area contributed by atoms with Crippen molar-refractivity contribution in [3.8, 4) is 6.07 Å². The molecule has 0 heterocycles. The number of benzene rings is 1. The SMILES string of the molecule is CC(C)(C)C(=O)/C(C#N)=C\C=C\c1ccccc1[N+](=O)[O-]. The van der Waals surface area contributed by atoms with E-state index in [1.807, 2.05) is 6.07 Å². The molecule has 5 nitrogen and oxygen atoms in total. The summed E-state index contributed by atoms with van der Waals surface area (Å²) in [6.07, 6.45) is 4.36. The molecule has 0 spiro atoms. The van der Waals surface area contributed by atoms with E-state index in [2.05, 4.69) is 0 Å². The van der Waals surface area contributed by atoms with Gasteiger partial charge in [0.05, 0.1) is 16.1 Å². The number of hydrogen-bond acceptors (Lipinski definition) is 4. The highest BCUT2D eigenvalue weighted by Crippen LogP contribution is 2.21. The molecule has 1 aromatic rings. The zero-order valence-electron chi connectivity index (χ0n) is 12.2. The Labute approximate surface area is 123 Å². The lowest BCUT2D eigenvalue weighted by atomic mass is 9.86. The van der Waals surface area contributed by atoms with Crippen molar-refractivity contribution in [1.82, 2.24) is 0 Å². The van der Waals surface area contributed by atoms with Gasteiger partial charge in [0.25, 0.3) is 5.69 Å². The van der Waals surface area contributed by atoms with Crippen molar-refractivity contribution < 1.29 is 9.72 Å². The number of hydrogen-bond donors (Lipinski definition) is 0. The van der Waals surface area contributed by atoms with Crippen LogP contribution in [0.2, 0.25) is 0 Å². The fourth-order valence-electron chi connectivity index (χ4n) is 1.61. The topological polar surface area (TPSA) is 84.0 Å². The summed E-state index contributed by atoms with van der Waals surface area (Å²) in [4.78, 5) is 22.4. The minimum Gasteiger partial charge on any atom is -0.293 e. The minimum absolute atomic E-state index is 0.0252. The van der Waals surface area contributed by atoms with E-state index < -0.39 is 10.3 Å². The zero-order chi connectivity index (χ0) is 16.0. The quantitative estimate of drug-likeness (QED) is 0.277. The van der Waals surface area contributed by atoms with E-state index in [1.165, 1.54) is 24.3 Å². The Kier molecular flexibility index (Phi) is 5.14. The van der Waals surface area contributed by atoms with Gasteiger partial charge in [0.2, 0.25) is 0 Å². The predicted molar refractivity (Wildman–Crippen MR) is 80.3 cm³/mol. The second-order valence-corrected chi connectivity index (χ2v) is 5.45. The van der Waals surface area contributed by atoms with Gasteiger partial charge in [-0.2, -0.15) is 5.26 Å².